The van der Waals surface area contributed by atoms with Gasteiger partial charge < -0.3 is 4.57 Å². The van der Waals surface area contributed by atoms with E-state index in [1.807, 2.05) is 11.8 Å². The fourth-order valence-corrected chi connectivity index (χ4v) is 9.60. The van der Waals surface area contributed by atoms with Crippen molar-refractivity contribution in [2.75, 3.05) is 7.05 Å². The van der Waals surface area contributed by atoms with Crippen LogP contribution in [0.5, 0.6) is 0 Å². The monoisotopic (exact) mass is 619 g/mol. The van der Waals surface area contributed by atoms with E-state index in [2.05, 4.69) is 161 Å². The Morgan fingerprint density at radius 3 is 2.30 bits per heavy atom. The molecule has 2 atom stereocenters. The van der Waals surface area contributed by atoms with E-state index < -0.39 is 0 Å². The van der Waals surface area contributed by atoms with Gasteiger partial charge in [0.05, 0.1) is 11.0 Å². The standard InChI is InChI=1S/C43H43N2S/c1-26(2)23-28-13-12-17-33-32-16-10-11-18-38(32)45(40(28)33)29-19-20-39-36(24-29)34-21-22-44(7)41(42(34)46-39)35-25-37(43(4,5)6)31-15-9-8-14-30(31)27(35)3/h8-22,24-26,34,42H,23H2,1-7H3/q+1. The maximum absolute atomic E-state index is 2.53. The SMILES string of the molecule is Cc1c(C2=[N+](C)C=CC3c4cc(-n5c6ccccc6c6cccc(CC(C)C)c65)ccc4SC23)cc(C(C)(C)C)c2ccccc12. The summed E-state index contributed by atoms with van der Waals surface area (Å²) < 4.78 is 4.92. The summed E-state index contributed by atoms with van der Waals surface area (Å²) in [6.45, 7) is 14.0. The Hall–Kier alpha value is -4.08. The van der Waals surface area contributed by atoms with Crippen molar-refractivity contribution in [3.8, 4) is 5.69 Å². The first-order valence-electron chi connectivity index (χ1n) is 16.7. The summed E-state index contributed by atoms with van der Waals surface area (Å²) in [5, 5.41) is 5.73. The van der Waals surface area contributed by atoms with Gasteiger partial charge in [-0.3, -0.25) is 0 Å². The molecular formula is C43H43N2S+. The molecule has 230 valence electrons. The number of para-hydroxylation sites is 2. The molecule has 8 rings (SSSR count). The van der Waals surface area contributed by atoms with E-state index in [0.717, 1.165) is 6.42 Å². The van der Waals surface area contributed by atoms with Crippen LogP contribution in [0.1, 0.15) is 68.4 Å². The number of benzene rings is 5. The van der Waals surface area contributed by atoms with Crippen molar-refractivity contribution in [2.24, 2.45) is 5.92 Å². The third kappa shape index (κ3) is 4.50. The Morgan fingerprint density at radius 2 is 1.54 bits per heavy atom. The van der Waals surface area contributed by atoms with Gasteiger partial charge in [-0.2, -0.15) is 0 Å². The largest absolute Gasteiger partial charge is 0.309 e. The summed E-state index contributed by atoms with van der Waals surface area (Å²) in [6, 6.07) is 34.5. The van der Waals surface area contributed by atoms with Crippen molar-refractivity contribution >= 4 is 50.1 Å². The van der Waals surface area contributed by atoms with Gasteiger partial charge in [0.2, 0.25) is 5.71 Å². The Kier molecular flexibility index (Phi) is 6.85. The molecule has 0 amide bonds. The molecule has 3 heteroatoms. The van der Waals surface area contributed by atoms with Crippen LogP contribution >= 0.6 is 11.8 Å². The van der Waals surface area contributed by atoms with Gasteiger partial charge in [-0.15, -0.1) is 11.8 Å². The second-order valence-electron chi connectivity index (χ2n) is 14.8. The Morgan fingerprint density at radius 1 is 0.826 bits per heavy atom. The van der Waals surface area contributed by atoms with Crippen LogP contribution in [0.3, 0.4) is 0 Å². The van der Waals surface area contributed by atoms with Crippen molar-refractivity contribution in [1.29, 1.82) is 0 Å². The zero-order chi connectivity index (χ0) is 31.9. The number of aryl methyl sites for hydroxylation is 1. The maximum atomic E-state index is 2.53. The minimum Gasteiger partial charge on any atom is -0.309 e. The van der Waals surface area contributed by atoms with Gasteiger partial charge in [-0.05, 0) is 94.1 Å². The van der Waals surface area contributed by atoms with Crippen LogP contribution in [-0.2, 0) is 11.8 Å². The van der Waals surface area contributed by atoms with Crippen molar-refractivity contribution in [2.45, 2.75) is 69.4 Å². The molecule has 0 saturated carbocycles. The molecule has 2 aliphatic rings. The smallest absolute Gasteiger partial charge is 0.203 e. The molecule has 2 aliphatic heterocycles. The lowest BCUT2D eigenvalue weighted by Gasteiger charge is -2.26. The predicted molar refractivity (Wildman–Crippen MR) is 199 cm³/mol. The van der Waals surface area contributed by atoms with Crippen LogP contribution in [0.4, 0.5) is 0 Å². The first-order valence-corrected chi connectivity index (χ1v) is 17.6. The van der Waals surface area contributed by atoms with Crippen molar-refractivity contribution < 1.29 is 4.58 Å². The molecule has 2 unspecified atom stereocenters. The van der Waals surface area contributed by atoms with E-state index in [-0.39, 0.29) is 5.41 Å². The Balaban J connectivity index is 1.28. The van der Waals surface area contributed by atoms with Gasteiger partial charge in [-0.25, -0.2) is 4.58 Å². The summed E-state index contributed by atoms with van der Waals surface area (Å²) in [7, 11) is 2.23. The van der Waals surface area contributed by atoms with E-state index in [4.69, 9.17) is 0 Å². The summed E-state index contributed by atoms with van der Waals surface area (Å²) in [6.07, 6.45) is 5.81. The van der Waals surface area contributed by atoms with Crippen LogP contribution in [0, 0.1) is 12.8 Å². The number of hydrogen-bond donors (Lipinski definition) is 0. The third-order valence-corrected chi connectivity index (χ3v) is 11.6. The highest BCUT2D eigenvalue weighted by Crippen LogP contribution is 2.50. The van der Waals surface area contributed by atoms with E-state index in [1.54, 1.807) is 0 Å². The highest BCUT2D eigenvalue weighted by atomic mass is 32.2. The average molecular weight is 620 g/mol. The van der Waals surface area contributed by atoms with Crippen molar-refractivity contribution in [3.63, 3.8) is 0 Å². The first-order chi connectivity index (χ1) is 22.1. The average Bonchev–Trinajstić information content (AvgIpc) is 3.57. The summed E-state index contributed by atoms with van der Waals surface area (Å²) >= 11 is 2.04. The predicted octanol–water partition coefficient (Wildman–Crippen LogP) is 11.0. The molecular weight excluding hydrogens is 577 g/mol. The number of allylic oxidation sites excluding steroid dienone is 1. The molecule has 3 heterocycles. The minimum absolute atomic E-state index is 0.0442. The van der Waals surface area contributed by atoms with Crippen LogP contribution in [0.25, 0.3) is 38.3 Å². The Labute approximate surface area is 277 Å². The molecule has 0 aliphatic carbocycles. The number of hydrogen-bond acceptors (Lipinski definition) is 1. The molecule has 0 bridgehead atoms. The third-order valence-electron chi connectivity index (χ3n) is 10.2. The number of thioether (sulfide) groups is 1. The molecule has 0 radical (unpaired) electrons. The van der Waals surface area contributed by atoms with Gasteiger partial charge in [-0.1, -0.05) is 95.3 Å². The van der Waals surface area contributed by atoms with Crippen LogP contribution in [0.2, 0.25) is 0 Å². The minimum atomic E-state index is 0.0442. The van der Waals surface area contributed by atoms with Crippen LogP contribution in [-0.4, -0.2) is 27.2 Å². The molecule has 0 fully saturated rings. The van der Waals surface area contributed by atoms with Crippen molar-refractivity contribution in [3.05, 3.63) is 131 Å². The molecule has 5 aromatic carbocycles. The highest BCUT2D eigenvalue weighted by Gasteiger charge is 2.43. The lowest BCUT2D eigenvalue weighted by Crippen LogP contribution is -2.32. The van der Waals surface area contributed by atoms with Crippen molar-refractivity contribution in [1.82, 2.24) is 4.57 Å². The topological polar surface area (TPSA) is 7.94 Å². The summed E-state index contributed by atoms with van der Waals surface area (Å²) in [4.78, 5) is 1.40. The van der Waals surface area contributed by atoms with E-state index in [1.165, 1.54) is 76.7 Å². The number of aromatic nitrogens is 1. The van der Waals surface area contributed by atoms with Gasteiger partial charge in [0, 0.05) is 32.8 Å². The zero-order valence-electron chi connectivity index (χ0n) is 28.1. The molecule has 46 heavy (non-hydrogen) atoms. The molecule has 0 N–H and O–H groups in total. The van der Waals surface area contributed by atoms with E-state index in [9.17, 15) is 0 Å². The Bertz CT molecular complexity index is 2260. The second-order valence-corrected chi connectivity index (χ2v) is 16.0. The van der Waals surface area contributed by atoms with Crippen LogP contribution in [0.15, 0.2) is 108 Å². The quantitative estimate of drug-likeness (QED) is 0.178. The number of fused-ring (bicyclic) bond motifs is 7. The molecule has 2 nitrogen and oxygen atoms in total. The second kappa shape index (κ2) is 10.7. The molecule has 0 spiro atoms. The molecule has 1 aromatic heterocycles. The summed E-state index contributed by atoms with van der Waals surface area (Å²) in [5.41, 5.74) is 12.4. The highest BCUT2D eigenvalue weighted by molar-refractivity contribution is 8.01. The fraction of sp³-hybridized carbons (Fsp3) is 0.279. The zero-order valence-corrected chi connectivity index (χ0v) is 28.9. The fourth-order valence-electron chi connectivity index (χ4n) is 8.06. The van der Waals surface area contributed by atoms with Gasteiger partial charge in [0.25, 0.3) is 0 Å². The number of rotatable bonds is 4. The van der Waals surface area contributed by atoms with Gasteiger partial charge in [0.1, 0.15) is 12.3 Å². The lowest BCUT2D eigenvalue weighted by molar-refractivity contribution is -0.424. The van der Waals surface area contributed by atoms with E-state index in [0.29, 0.717) is 17.1 Å². The first kappa shape index (κ1) is 29.3. The molecule has 0 saturated heterocycles. The summed E-state index contributed by atoms with van der Waals surface area (Å²) in [5.74, 6) is 0.906. The van der Waals surface area contributed by atoms with Gasteiger partial charge in [0.15, 0.2) is 6.20 Å². The van der Waals surface area contributed by atoms with E-state index >= 15 is 0 Å². The lowest BCUT2D eigenvalue weighted by atomic mass is 9.79. The number of nitrogens with zero attached hydrogens (tertiary/aromatic N) is 2. The van der Waals surface area contributed by atoms with Gasteiger partial charge >= 0.3 is 0 Å². The maximum Gasteiger partial charge on any atom is 0.203 e. The molecule has 6 aromatic rings. The normalized spacial score (nSPS) is 17.9. The van der Waals surface area contributed by atoms with Crippen LogP contribution < -0.4 is 0 Å².